The van der Waals surface area contributed by atoms with Crippen LogP contribution in [-0.4, -0.2) is 5.88 Å². The molecule has 0 amide bonds. The zero-order valence-corrected chi connectivity index (χ0v) is 12.0. The highest BCUT2D eigenvalue weighted by Gasteiger charge is 2.44. The van der Waals surface area contributed by atoms with Crippen molar-refractivity contribution >= 4 is 11.6 Å². The summed E-state index contributed by atoms with van der Waals surface area (Å²) in [6, 6.07) is 19.5. The van der Waals surface area contributed by atoms with E-state index < -0.39 is 0 Å². The van der Waals surface area contributed by atoms with Gasteiger partial charge in [0.2, 0.25) is 0 Å². The van der Waals surface area contributed by atoms with E-state index in [9.17, 15) is 0 Å². The Labute approximate surface area is 120 Å². The number of rotatable bonds is 4. The molecular formula is C18H19Cl. The lowest BCUT2D eigenvalue weighted by Gasteiger charge is -2.17. The van der Waals surface area contributed by atoms with Crippen LogP contribution in [0, 0.1) is 12.8 Å². The summed E-state index contributed by atoms with van der Waals surface area (Å²) in [6.45, 7) is 2.19. The molecule has 0 heterocycles. The first-order valence-corrected chi connectivity index (χ1v) is 7.51. The van der Waals surface area contributed by atoms with E-state index >= 15 is 0 Å². The van der Waals surface area contributed by atoms with Gasteiger partial charge in [0.15, 0.2) is 0 Å². The Morgan fingerprint density at radius 3 is 2.42 bits per heavy atom. The standard InChI is InChI=1S/C18H19Cl/c1-13-7-5-6-10-15(13)18(12-19)17-11-16(17)14-8-3-2-4-9-14/h2-10,16-18H,11-12H2,1H3. The number of alkyl halides is 1. The predicted octanol–water partition coefficient (Wildman–Crippen LogP) is 5.12. The Bertz CT molecular complexity index is 547. The van der Waals surface area contributed by atoms with Crippen molar-refractivity contribution in [2.45, 2.75) is 25.2 Å². The SMILES string of the molecule is Cc1ccccc1C(CCl)C1CC1c1ccccc1. The second kappa shape index (κ2) is 5.38. The van der Waals surface area contributed by atoms with Crippen molar-refractivity contribution in [2.24, 2.45) is 5.92 Å². The van der Waals surface area contributed by atoms with E-state index in [-0.39, 0.29) is 0 Å². The quantitative estimate of drug-likeness (QED) is 0.677. The first kappa shape index (κ1) is 12.7. The monoisotopic (exact) mass is 270 g/mol. The van der Waals surface area contributed by atoms with Crippen molar-refractivity contribution in [3.8, 4) is 0 Å². The Morgan fingerprint density at radius 2 is 1.74 bits per heavy atom. The van der Waals surface area contributed by atoms with E-state index in [1.54, 1.807) is 0 Å². The summed E-state index contributed by atoms with van der Waals surface area (Å²) >= 11 is 6.26. The number of hydrogen-bond acceptors (Lipinski definition) is 0. The molecule has 19 heavy (non-hydrogen) atoms. The third kappa shape index (κ3) is 2.55. The minimum absolute atomic E-state index is 0.494. The second-order valence-electron chi connectivity index (χ2n) is 5.53. The van der Waals surface area contributed by atoms with Gasteiger partial charge in [-0.3, -0.25) is 0 Å². The van der Waals surface area contributed by atoms with Gasteiger partial charge in [0, 0.05) is 11.8 Å². The number of hydrogen-bond donors (Lipinski definition) is 0. The highest BCUT2D eigenvalue weighted by Crippen LogP contribution is 2.55. The van der Waals surface area contributed by atoms with Crippen LogP contribution in [-0.2, 0) is 0 Å². The van der Waals surface area contributed by atoms with Gasteiger partial charge in [0.05, 0.1) is 0 Å². The summed E-state index contributed by atoms with van der Waals surface area (Å²) < 4.78 is 0. The fraction of sp³-hybridized carbons (Fsp3) is 0.333. The van der Waals surface area contributed by atoms with Crippen LogP contribution in [0.25, 0.3) is 0 Å². The molecule has 1 saturated carbocycles. The third-order valence-electron chi connectivity index (χ3n) is 4.34. The smallest absolute Gasteiger partial charge is 0.0295 e. The molecular weight excluding hydrogens is 252 g/mol. The average molecular weight is 271 g/mol. The molecule has 0 nitrogen and oxygen atoms in total. The van der Waals surface area contributed by atoms with Gasteiger partial charge in [-0.2, -0.15) is 0 Å². The van der Waals surface area contributed by atoms with Gasteiger partial charge in [0.1, 0.15) is 0 Å². The third-order valence-corrected chi connectivity index (χ3v) is 4.67. The predicted molar refractivity (Wildman–Crippen MR) is 81.9 cm³/mol. The lowest BCUT2D eigenvalue weighted by atomic mass is 9.90. The summed E-state index contributed by atoms with van der Waals surface area (Å²) in [7, 11) is 0. The Kier molecular flexibility index (Phi) is 3.61. The normalized spacial score (nSPS) is 23.1. The Balaban J connectivity index is 1.81. The average Bonchev–Trinajstić information content (AvgIpc) is 3.23. The summed E-state index contributed by atoms with van der Waals surface area (Å²) in [4.78, 5) is 0. The van der Waals surface area contributed by atoms with Crippen LogP contribution in [0.5, 0.6) is 0 Å². The molecule has 0 radical (unpaired) electrons. The van der Waals surface area contributed by atoms with Crippen molar-refractivity contribution < 1.29 is 0 Å². The van der Waals surface area contributed by atoms with Crippen molar-refractivity contribution in [3.63, 3.8) is 0 Å². The molecule has 1 aliphatic rings. The molecule has 0 aliphatic heterocycles. The minimum atomic E-state index is 0.494. The van der Waals surface area contributed by atoms with Crippen molar-refractivity contribution in [2.75, 3.05) is 5.88 Å². The van der Waals surface area contributed by atoms with Crippen LogP contribution >= 0.6 is 11.6 Å². The van der Waals surface area contributed by atoms with E-state index in [2.05, 4.69) is 61.5 Å². The maximum absolute atomic E-state index is 6.26. The van der Waals surface area contributed by atoms with Gasteiger partial charge in [-0.1, -0.05) is 54.6 Å². The second-order valence-corrected chi connectivity index (χ2v) is 5.84. The van der Waals surface area contributed by atoms with Gasteiger partial charge in [-0.15, -0.1) is 11.6 Å². The van der Waals surface area contributed by atoms with Gasteiger partial charge in [-0.25, -0.2) is 0 Å². The maximum Gasteiger partial charge on any atom is 0.0295 e. The molecule has 2 aromatic carbocycles. The van der Waals surface area contributed by atoms with Gasteiger partial charge in [-0.05, 0) is 41.9 Å². The molecule has 3 unspecified atom stereocenters. The molecule has 0 aromatic heterocycles. The number of halogens is 1. The number of benzene rings is 2. The Hall–Kier alpha value is -1.27. The summed E-state index contributed by atoms with van der Waals surface area (Å²) in [6.07, 6.45) is 1.27. The first-order valence-electron chi connectivity index (χ1n) is 6.97. The highest BCUT2D eigenvalue weighted by atomic mass is 35.5. The van der Waals surface area contributed by atoms with Gasteiger partial charge < -0.3 is 0 Å². The first-order chi connectivity index (χ1) is 9.31. The van der Waals surface area contributed by atoms with Crippen LogP contribution in [0.4, 0.5) is 0 Å². The molecule has 98 valence electrons. The van der Waals surface area contributed by atoms with Crippen molar-refractivity contribution in [1.29, 1.82) is 0 Å². The molecule has 3 rings (SSSR count). The van der Waals surface area contributed by atoms with E-state index in [1.165, 1.54) is 23.1 Å². The molecule has 3 atom stereocenters. The fourth-order valence-electron chi connectivity index (χ4n) is 3.17. The molecule has 1 aliphatic carbocycles. The van der Waals surface area contributed by atoms with Crippen molar-refractivity contribution in [3.05, 3.63) is 71.3 Å². The molecule has 2 aromatic rings. The van der Waals surface area contributed by atoms with Crippen molar-refractivity contribution in [1.82, 2.24) is 0 Å². The molecule has 0 spiro atoms. The minimum Gasteiger partial charge on any atom is -0.126 e. The zero-order chi connectivity index (χ0) is 13.2. The topological polar surface area (TPSA) is 0 Å². The molecule has 1 fully saturated rings. The van der Waals surface area contributed by atoms with E-state index in [0.717, 1.165) is 5.88 Å². The van der Waals surface area contributed by atoms with Crippen LogP contribution in [0.3, 0.4) is 0 Å². The molecule has 0 bridgehead atoms. The lowest BCUT2D eigenvalue weighted by Crippen LogP contribution is -2.06. The van der Waals surface area contributed by atoms with Crippen LogP contribution in [0.15, 0.2) is 54.6 Å². The zero-order valence-electron chi connectivity index (χ0n) is 11.2. The van der Waals surface area contributed by atoms with Crippen LogP contribution in [0.2, 0.25) is 0 Å². The fourth-order valence-corrected chi connectivity index (χ4v) is 3.57. The highest BCUT2D eigenvalue weighted by molar-refractivity contribution is 6.18. The largest absolute Gasteiger partial charge is 0.126 e. The summed E-state index contributed by atoms with van der Waals surface area (Å²) in [5.41, 5.74) is 4.27. The van der Waals surface area contributed by atoms with E-state index in [4.69, 9.17) is 11.6 Å². The van der Waals surface area contributed by atoms with Gasteiger partial charge in [0.25, 0.3) is 0 Å². The molecule has 0 saturated heterocycles. The maximum atomic E-state index is 6.26. The van der Waals surface area contributed by atoms with Gasteiger partial charge >= 0.3 is 0 Å². The molecule has 0 N–H and O–H groups in total. The number of aryl methyl sites for hydroxylation is 1. The Morgan fingerprint density at radius 1 is 1.05 bits per heavy atom. The molecule has 1 heteroatoms. The lowest BCUT2D eigenvalue weighted by molar-refractivity contribution is 0.646. The van der Waals surface area contributed by atoms with Crippen LogP contribution in [0.1, 0.15) is 34.9 Å². The van der Waals surface area contributed by atoms with E-state index in [1.807, 2.05) is 0 Å². The van der Waals surface area contributed by atoms with E-state index in [0.29, 0.717) is 17.8 Å². The summed E-state index contributed by atoms with van der Waals surface area (Å²) in [5, 5.41) is 0. The van der Waals surface area contributed by atoms with Crippen LogP contribution < -0.4 is 0 Å². The summed E-state index contributed by atoms with van der Waals surface area (Å²) in [5.74, 6) is 2.62.